The molecule has 21 heavy (non-hydrogen) atoms. The van der Waals surface area contributed by atoms with Crippen LogP contribution in [0.25, 0.3) is 0 Å². The minimum atomic E-state index is 0. The molecule has 5 heteroatoms. The van der Waals surface area contributed by atoms with Gasteiger partial charge in [-0.2, -0.15) is 0 Å². The maximum absolute atomic E-state index is 12.7. The van der Waals surface area contributed by atoms with E-state index in [2.05, 4.69) is 30.6 Å². The van der Waals surface area contributed by atoms with E-state index in [9.17, 15) is 4.79 Å². The zero-order valence-electron chi connectivity index (χ0n) is 13.8. The molecule has 2 aliphatic rings. The molecule has 0 aromatic carbocycles. The normalized spacial score (nSPS) is 34.4. The van der Waals surface area contributed by atoms with Crippen LogP contribution in [0.5, 0.6) is 0 Å². The molecule has 2 heterocycles. The summed E-state index contributed by atoms with van der Waals surface area (Å²) in [5.41, 5.74) is 5.93. The van der Waals surface area contributed by atoms with Gasteiger partial charge in [-0.15, -0.1) is 12.4 Å². The second-order valence-corrected chi connectivity index (χ2v) is 6.82. The summed E-state index contributed by atoms with van der Waals surface area (Å²) in [7, 11) is 0. The zero-order chi connectivity index (χ0) is 14.7. The van der Waals surface area contributed by atoms with Crippen molar-refractivity contribution >= 4 is 18.3 Å². The number of likely N-dealkylation sites (tertiary alicyclic amines) is 2. The average molecular weight is 318 g/mol. The number of carbonyl (C=O) groups is 1. The molecule has 0 saturated carbocycles. The first-order valence-corrected chi connectivity index (χ1v) is 8.29. The van der Waals surface area contributed by atoms with E-state index in [0.29, 0.717) is 43.0 Å². The van der Waals surface area contributed by atoms with Gasteiger partial charge in [0, 0.05) is 24.7 Å². The van der Waals surface area contributed by atoms with Gasteiger partial charge in [-0.05, 0) is 58.4 Å². The topological polar surface area (TPSA) is 49.6 Å². The minimum absolute atomic E-state index is 0. The lowest BCUT2D eigenvalue weighted by Gasteiger charge is -2.43. The van der Waals surface area contributed by atoms with Crippen molar-refractivity contribution in [2.45, 2.75) is 71.0 Å². The quantitative estimate of drug-likeness (QED) is 0.868. The Kier molecular flexibility index (Phi) is 7.45. The summed E-state index contributed by atoms with van der Waals surface area (Å²) >= 11 is 0. The van der Waals surface area contributed by atoms with E-state index in [-0.39, 0.29) is 12.4 Å². The number of carbonyl (C=O) groups excluding carboxylic acids is 1. The Hall–Kier alpha value is -0.320. The van der Waals surface area contributed by atoms with Crippen molar-refractivity contribution < 1.29 is 4.79 Å². The first-order chi connectivity index (χ1) is 9.54. The van der Waals surface area contributed by atoms with Gasteiger partial charge in [0.15, 0.2) is 0 Å². The Bertz CT molecular complexity index is 329. The third-order valence-electron chi connectivity index (χ3n) is 5.29. The maximum Gasteiger partial charge on any atom is 0.237 e. The van der Waals surface area contributed by atoms with Crippen molar-refractivity contribution in [2.75, 3.05) is 19.6 Å². The van der Waals surface area contributed by atoms with Crippen molar-refractivity contribution in [1.29, 1.82) is 0 Å². The third kappa shape index (κ3) is 4.33. The Labute approximate surface area is 135 Å². The van der Waals surface area contributed by atoms with Crippen molar-refractivity contribution in [2.24, 2.45) is 11.7 Å². The fourth-order valence-electron chi connectivity index (χ4n) is 4.08. The zero-order valence-corrected chi connectivity index (χ0v) is 14.6. The Balaban J connectivity index is 0.00000220. The van der Waals surface area contributed by atoms with Gasteiger partial charge >= 0.3 is 0 Å². The Morgan fingerprint density at radius 3 is 2.29 bits per heavy atom. The van der Waals surface area contributed by atoms with E-state index < -0.39 is 0 Å². The summed E-state index contributed by atoms with van der Waals surface area (Å²) in [4.78, 5) is 17.1. The number of hydrogen-bond donors (Lipinski definition) is 1. The molecule has 0 aromatic rings. The van der Waals surface area contributed by atoms with Gasteiger partial charge in [0.25, 0.3) is 0 Å². The highest BCUT2D eigenvalue weighted by atomic mass is 35.5. The van der Waals surface area contributed by atoms with Gasteiger partial charge in [-0.3, -0.25) is 9.69 Å². The predicted molar refractivity (Wildman–Crippen MR) is 89.7 cm³/mol. The number of amides is 1. The number of rotatable bonds is 3. The molecule has 4 atom stereocenters. The molecule has 0 aliphatic carbocycles. The fraction of sp³-hybridized carbons (Fsp3) is 0.938. The molecular weight excluding hydrogens is 286 g/mol. The SMILES string of the molecule is CC1CCCN(CC(=O)N2C(C)CCCC2C)C1CN.Cl. The van der Waals surface area contributed by atoms with E-state index in [1.54, 1.807) is 0 Å². The van der Waals surface area contributed by atoms with E-state index in [1.807, 2.05) is 0 Å². The van der Waals surface area contributed by atoms with Gasteiger partial charge in [0.05, 0.1) is 6.54 Å². The van der Waals surface area contributed by atoms with E-state index >= 15 is 0 Å². The number of nitrogens with zero attached hydrogens (tertiary/aromatic N) is 2. The van der Waals surface area contributed by atoms with Gasteiger partial charge < -0.3 is 10.6 Å². The summed E-state index contributed by atoms with van der Waals surface area (Å²) < 4.78 is 0. The molecule has 0 spiro atoms. The molecule has 0 bridgehead atoms. The fourth-order valence-corrected chi connectivity index (χ4v) is 4.08. The maximum atomic E-state index is 12.7. The lowest BCUT2D eigenvalue weighted by atomic mass is 9.90. The highest BCUT2D eigenvalue weighted by Crippen LogP contribution is 2.25. The van der Waals surface area contributed by atoms with Crippen LogP contribution in [-0.4, -0.2) is 53.5 Å². The monoisotopic (exact) mass is 317 g/mol. The van der Waals surface area contributed by atoms with Crippen molar-refractivity contribution in [1.82, 2.24) is 9.80 Å². The molecular formula is C16H32ClN3O. The number of hydrogen-bond acceptors (Lipinski definition) is 3. The van der Waals surface area contributed by atoms with E-state index in [1.165, 1.54) is 19.3 Å². The largest absolute Gasteiger partial charge is 0.336 e. The van der Waals surface area contributed by atoms with E-state index in [4.69, 9.17) is 5.73 Å². The summed E-state index contributed by atoms with van der Waals surface area (Å²) in [5, 5.41) is 0. The average Bonchev–Trinajstić information content (AvgIpc) is 2.38. The first-order valence-electron chi connectivity index (χ1n) is 8.29. The van der Waals surface area contributed by atoms with Gasteiger partial charge in [0.2, 0.25) is 5.91 Å². The molecule has 1 amide bonds. The lowest BCUT2D eigenvalue weighted by molar-refractivity contribution is -0.139. The third-order valence-corrected chi connectivity index (χ3v) is 5.29. The van der Waals surface area contributed by atoms with Crippen LogP contribution in [-0.2, 0) is 4.79 Å². The van der Waals surface area contributed by atoms with Crippen LogP contribution in [0.1, 0.15) is 52.9 Å². The molecule has 2 fully saturated rings. The number of halogens is 1. The van der Waals surface area contributed by atoms with Crippen LogP contribution in [0, 0.1) is 5.92 Å². The molecule has 0 aromatic heterocycles. The van der Waals surface area contributed by atoms with Crippen molar-refractivity contribution in [3.05, 3.63) is 0 Å². The number of piperidine rings is 2. The summed E-state index contributed by atoms with van der Waals surface area (Å²) in [5.74, 6) is 0.912. The Morgan fingerprint density at radius 1 is 1.10 bits per heavy atom. The predicted octanol–water partition coefficient (Wildman–Crippen LogP) is 2.26. The molecule has 2 N–H and O–H groups in total. The highest BCUT2D eigenvalue weighted by molar-refractivity contribution is 5.85. The number of nitrogens with two attached hydrogens (primary N) is 1. The van der Waals surface area contributed by atoms with Crippen LogP contribution in [0.4, 0.5) is 0 Å². The smallest absolute Gasteiger partial charge is 0.237 e. The molecule has 4 nitrogen and oxygen atoms in total. The van der Waals surface area contributed by atoms with Crippen molar-refractivity contribution in [3.8, 4) is 0 Å². The molecule has 0 radical (unpaired) electrons. The van der Waals surface area contributed by atoms with E-state index in [0.717, 1.165) is 19.4 Å². The van der Waals surface area contributed by atoms with Crippen LogP contribution >= 0.6 is 12.4 Å². The summed E-state index contributed by atoms with van der Waals surface area (Å²) in [6.07, 6.45) is 5.97. The van der Waals surface area contributed by atoms with Crippen LogP contribution < -0.4 is 5.73 Å². The van der Waals surface area contributed by atoms with Gasteiger partial charge in [-0.1, -0.05) is 6.92 Å². The second kappa shape index (κ2) is 8.35. The van der Waals surface area contributed by atoms with Crippen LogP contribution in [0.3, 0.4) is 0 Å². The molecule has 2 rings (SSSR count). The first kappa shape index (κ1) is 18.7. The standard InChI is InChI=1S/C16H31N3O.ClH/c1-12-6-5-9-18(15(12)10-17)11-16(20)19-13(2)7-4-8-14(19)3;/h12-15H,4-11,17H2,1-3H3;1H. The molecule has 4 unspecified atom stereocenters. The lowest BCUT2D eigenvalue weighted by Crippen LogP contribution is -2.55. The second-order valence-electron chi connectivity index (χ2n) is 6.82. The minimum Gasteiger partial charge on any atom is -0.336 e. The van der Waals surface area contributed by atoms with Crippen molar-refractivity contribution in [3.63, 3.8) is 0 Å². The molecule has 2 aliphatic heterocycles. The molecule has 124 valence electrons. The summed E-state index contributed by atoms with van der Waals surface area (Å²) in [6.45, 7) is 8.88. The van der Waals surface area contributed by atoms with Gasteiger partial charge in [-0.25, -0.2) is 0 Å². The highest BCUT2D eigenvalue weighted by Gasteiger charge is 2.33. The molecule has 2 saturated heterocycles. The van der Waals surface area contributed by atoms with Gasteiger partial charge in [0.1, 0.15) is 0 Å². The van der Waals surface area contributed by atoms with Crippen LogP contribution in [0.2, 0.25) is 0 Å². The summed E-state index contributed by atoms with van der Waals surface area (Å²) in [6, 6.07) is 1.16. The van der Waals surface area contributed by atoms with Crippen LogP contribution in [0.15, 0.2) is 0 Å². The Morgan fingerprint density at radius 2 is 1.71 bits per heavy atom.